The van der Waals surface area contributed by atoms with Crippen LogP contribution < -0.4 is 10.2 Å². The lowest BCUT2D eigenvalue weighted by Gasteiger charge is -2.07. The van der Waals surface area contributed by atoms with E-state index in [1.165, 1.54) is 0 Å². The molecule has 4 rings (SSSR count). The minimum Gasteiger partial charge on any atom is -0.493 e. The smallest absolute Gasteiger partial charge is 0.265 e. The molecule has 2 aromatic heterocycles. The fourth-order valence-electron chi connectivity index (χ4n) is 3.36. The molecule has 0 fully saturated rings. The lowest BCUT2D eigenvalue weighted by atomic mass is 10.2. The van der Waals surface area contributed by atoms with Crippen molar-refractivity contribution in [1.29, 1.82) is 0 Å². The number of para-hydroxylation sites is 1. The standard InChI is InChI=1S/C22H23BrN6O/c1-3-5-12-29-18-9-7-6-8-17(18)20-21(29)25-22(28-26-20)27-24-14-15-13-16(23)10-11-19(15)30-4-2/h6-11,13-14H,3-5,12H2,1-2H3,(H,25,27,28)/b24-14+. The minimum atomic E-state index is 0.354. The Labute approximate surface area is 183 Å². The zero-order valence-corrected chi connectivity index (χ0v) is 18.6. The van der Waals surface area contributed by atoms with Crippen LogP contribution >= 0.6 is 15.9 Å². The summed E-state index contributed by atoms with van der Waals surface area (Å²) in [7, 11) is 0. The van der Waals surface area contributed by atoms with Gasteiger partial charge in [-0.15, -0.1) is 10.2 Å². The molecule has 0 aliphatic rings. The predicted octanol–water partition coefficient (Wildman–Crippen LogP) is 5.39. The lowest BCUT2D eigenvalue weighted by Crippen LogP contribution is -2.03. The largest absolute Gasteiger partial charge is 0.493 e. The van der Waals surface area contributed by atoms with E-state index in [9.17, 15) is 0 Å². The van der Waals surface area contributed by atoms with E-state index < -0.39 is 0 Å². The number of hydrazone groups is 1. The van der Waals surface area contributed by atoms with Crippen molar-refractivity contribution in [3.05, 3.63) is 52.5 Å². The molecule has 0 unspecified atom stereocenters. The zero-order chi connectivity index (χ0) is 20.9. The highest BCUT2D eigenvalue weighted by molar-refractivity contribution is 9.10. The molecular weight excluding hydrogens is 444 g/mol. The summed E-state index contributed by atoms with van der Waals surface area (Å²) in [5.74, 6) is 1.12. The Morgan fingerprint density at radius 2 is 2.03 bits per heavy atom. The first-order valence-corrected chi connectivity index (χ1v) is 10.8. The van der Waals surface area contributed by atoms with Gasteiger partial charge in [0.25, 0.3) is 5.95 Å². The normalized spacial score (nSPS) is 11.6. The number of unbranched alkanes of at least 4 members (excludes halogenated alkanes) is 1. The van der Waals surface area contributed by atoms with Gasteiger partial charge in [0.15, 0.2) is 5.65 Å². The van der Waals surface area contributed by atoms with Gasteiger partial charge in [-0.3, -0.25) is 0 Å². The highest BCUT2D eigenvalue weighted by Gasteiger charge is 2.14. The molecular formula is C22H23BrN6O. The highest BCUT2D eigenvalue weighted by atomic mass is 79.9. The van der Waals surface area contributed by atoms with Crippen LogP contribution in [0.3, 0.4) is 0 Å². The molecule has 0 spiro atoms. The molecule has 0 saturated carbocycles. The number of nitrogens with zero attached hydrogens (tertiary/aromatic N) is 5. The summed E-state index contributed by atoms with van der Waals surface area (Å²) in [6, 6.07) is 14.0. The van der Waals surface area contributed by atoms with Crippen molar-refractivity contribution >= 4 is 50.2 Å². The van der Waals surface area contributed by atoms with Crippen molar-refractivity contribution in [3.63, 3.8) is 0 Å². The van der Waals surface area contributed by atoms with Crippen molar-refractivity contribution in [2.75, 3.05) is 12.0 Å². The summed E-state index contributed by atoms with van der Waals surface area (Å²) in [5.41, 5.74) is 6.50. The van der Waals surface area contributed by atoms with Crippen LogP contribution in [0.4, 0.5) is 5.95 Å². The molecule has 1 N–H and O–H groups in total. The predicted molar refractivity (Wildman–Crippen MR) is 124 cm³/mol. The molecule has 0 aliphatic heterocycles. The van der Waals surface area contributed by atoms with Crippen LogP contribution in [-0.2, 0) is 6.54 Å². The Bertz CT molecular complexity index is 1200. The average molecular weight is 467 g/mol. The quantitative estimate of drug-likeness (QED) is 0.278. The summed E-state index contributed by atoms with van der Waals surface area (Å²) in [5, 5.41) is 14.0. The van der Waals surface area contributed by atoms with E-state index >= 15 is 0 Å². The van der Waals surface area contributed by atoms with E-state index in [-0.39, 0.29) is 0 Å². The molecule has 0 amide bonds. The molecule has 0 radical (unpaired) electrons. The number of hydrogen-bond donors (Lipinski definition) is 1. The van der Waals surface area contributed by atoms with Gasteiger partial charge in [0.1, 0.15) is 11.3 Å². The van der Waals surface area contributed by atoms with Gasteiger partial charge < -0.3 is 9.30 Å². The van der Waals surface area contributed by atoms with Crippen molar-refractivity contribution in [3.8, 4) is 5.75 Å². The van der Waals surface area contributed by atoms with Gasteiger partial charge in [0.05, 0.1) is 18.3 Å². The van der Waals surface area contributed by atoms with Gasteiger partial charge in [-0.1, -0.05) is 47.5 Å². The van der Waals surface area contributed by atoms with Gasteiger partial charge in [-0.25, -0.2) is 5.43 Å². The summed E-state index contributed by atoms with van der Waals surface area (Å²) in [4.78, 5) is 4.70. The van der Waals surface area contributed by atoms with Crippen molar-refractivity contribution < 1.29 is 4.74 Å². The number of halogens is 1. The van der Waals surface area contributed by atoms with Gasteiger partial charge >= 0.3 is 0 Å². The van der Waals surface area contributed by atoms with Crippen LogP contribution in [0.15, 0.2) is 52.0 Å². The van der Waals surface area contributed by atoms with E-state index in [0.29, 0.717) is 12.6 Å². The second-order valence-corrected chi connectivity index (χ2v) is 7.73. The number of anilines is 1. The van der Waals surface area contributed by atoms with Crippen LogP contribution in [0.5, 0.6) is 5.75 Å². The first kappa shape index (κ1) is 20.3. The van der Waals surface area contributed by atoms with E-state index in [1.807, 2.05) is 37.3 Å². The Hall–Kier alpha value is -3.00. The molecule has 0 atom stereocenters. The van der Waals surface area contributed by atoms with Crippen LogP contribution in [-0.4, -0.2) is 32.6 Å². The molecule has 154 valence electrons. The van der Waals surface area contributed by atoms with E-state index in [1.54, 1.807) is 6.21 Å². The number of aryl methyl sites for hydroxylation is 1. The number of ether oxygens (including phenoxy) is 1. The number of aromatic nitrogens is 4. The molecule has 2 heterocycles. The number of rotatable bonds is 8. The van der Waals surface area contributed by atoms with Crippen LogP contribution in [0, 0.1) is 0 Å². The van der Waals surface area contributed by atoms with Crippen LogP contribution in [0.2, 0.25) is 0 Å². The fraction of sp³-hybridized carbons (Fsp3) is 0.273. The summed E-state index contributed by atoms with van der Waals surface area (Å²) >= 11 is 3.48. The van der Waals surface area contributed by atoms with Crippen LogP contribution in [0.1, 0.15) is 32.3 Å². The maximum Gasteiger partial charge on any atom is 0.265 e. The summed E-state index contributed by atoms with van der Waals surface area (Å²) in [6.45, 7) is 5.61. The third-order valence-electron chi connectivity index (χ3n) is 4.75. The Morgan fingerprint density at radius 3 is 2.87 bits per heavy atom. The Balaban J connectivity index is 1.65. The first-order chi connectivity index (χ1) is 14.7. The number of hydrogen-bond acceptors (Lipinski definition) is 6. The monoisotopic (exact) mass is 466 g/mol. The Kier molecular flexibility index (Phi) is 6.23. The fourth-order valence-corrected chi connectivity index (χ4v) is 3.74. The molecule has 7 nitrogen and oxygen atoms in total. The van der Waals surface area contributed by atoms with E-state index in [2.05, 4.69) is 60.3 Å². The van der Waals surface area contributed by atoms with Crippen molar-refractivity contribution in [2.24, 2.45) is 5.10 Å². The number of nitrogens with one attached hydrogen (secondary N) is 1. The second-order valence-electron chi connectivity index (χ2n) is 6.82. The van der Waals surface area contributed by atoms with E-state index in [4.69, 9.17) is 9.72 Å². The topological polar surface area (TPSA) is 77.2 Å². The van der Waals surface area contributed by atoms with Gasteiger partial charge in [-0.2, -0.15) is 10.1 Å². The van der Waals surface area contributed by atoms with Crippen molar-refractivity contribution in [1.82, 2.24) is 19.7 Å². The molecule has 0 bridgehead atoms. The lowest BCUT2D eigenvalue weighted by molar-refractivity contribution is 0.339. The molecule has 2 aromatic carbocycles. The zero-order valence-electron chi connectivity index (χ0n) is 17.0. The maximum absolute atomic E-state index is 5.65. The van der Waals surface area contributed by atoms with E-state index in [0.717, 1.165) is 57.2 Å². The minimum absolute atomic E-state index is 0.354. The molecule has 0 aliphatic carbocycles. The first-order valence-electron chi connectivity index (χ1n) is 10.0. The number of benzene rings is 2. The average Bonchev–Trinajstić information content (AvgIpc) is 3.07. The molecule has 4 aromatic rings. The number of fused-ring (bicyclic) bond motifs is 3. The third kappa shape index (κ3) is 4.14. The summed E-state index contributed by atoms with van der Waals surface area (Å²) in [6.07, 6.45) is 3.87. The summed E-state index contributed by atoms with van der Waals surface area (Å²) < 4.78 is 8.81. The van der Waals surface area contributed by atoms with Gasteiger partial charge in [-0.05, 0) is 37.6 Å². The highest BCUT2D eigenvalue weighted by Crippen LogP contribution is 2.27. The van der Waals surface area contributed by atoms with Gasteiger partial charge in [0, 0.05) is 22.0 Å². The Morgan fingerprint density at radius 1 is 1.17 bits per heavy atom. The maximum atomic E-state index is 5.65. The van der Waals surface area contributed by atoms with Crippen LogP contribution in [0.25, 0.3) is 22.1 Å². The third-order valence-corrected chi connectivity index (χ3v) is 5.24. The molecule has 30 heavy (non-hydrogen) atoms. The second kappa shape index (κ2) is 9.21. The van der Waals surface area contributed by atoms with Gasteiger partial charge in [0.2, 0.25) is 0 Å². The SMILES string of the molecule is CCCCn1c2ccccc2c2nnc(N/N=C/c3cc(Br)ccc3OCC)nc21. The molecule has 8 heteroatoms. The van der Waals surface area contributed by atoms with Crippen molar-refractivity contribution in [2.45, 2.75) is 33.2 Å². The molecule has 0 saturated heterocycles.